The molecule has 4 aromatic rings. The smallest absolute Gasteiger partial charge is 0.280 e. The lowest BCUT2D eigenvalue weighted by molar-refractivity contribution is -0.117. The molecule has 15 heteroatoms. The molecule has 47 heavy (non-hydrogen) atoms. The van der Waals surface area contributed by atoms with E-state index >= 15 is 0 Å². The molecule has 1 saturated carbocycles. The summed E-state index contributed by atoms with van der Waals surface area (Å²) >= 11 is 0. The maximum absolute atomic E-state index is 13.1. The molecule has 0 bridgehead atoms. The van der Waals surface area contributed by atoms with Crippen LogP contribution < -0.4 is 20.9 Å². The quantitative estimate of drug-likeness (QED) is 0.255. The number of carbonyl (C=O) groups excluding carboxylic acids is 3. The van der Waals surface area contributed by atoms with Gasteiger partial charge in [0.05, 0.1) is 41.0 Å². The standard InChI is InChI=1S/C32H32F2N10O3/c1-16-27-20(13-36-44(27)18-14-43(15-18)32(47)23-9-5-8-22(38-23)29(33)34)19-6-4-7-21(28(19)42(16)3)37-24-12-25(39-30(45)17-10-11-17)40-41-26(24)31(46)35-2/h4-9,12-13,16-18,29H,10-11,14-15H2,1-3H3,(H,35,46)(H2,37,39,40,45)/t16-/m0/s1. The van der Waals surface area contributed by atoms with Crippen molar-refractivity contribution in [3.8, 4) is 11.1 Å². The fourth-order valence-corrected chi connectivity index (χ4v) is 6.09. The molecule has 242 valence electrons. The first-order chi connectivity index (χ1) is 22.6. The van der Waals surface area contributed by atoms with E-state index in [-0.39, 0.29) is 41.1 Å². The van der Waals surface area contributed by atoms with Crippen LogP contribution in [-0.2, 0) is 4.79 Å². The van der Waals surface area contributed by atoms with Gasteiger partial charge in [-0.1, -0.05) is 18.2 Å². The summed E-state index contributed by atoms with van der Waals surface area (Å²) in [5, 5.41) is 21.7. The van der Waals surface area contributed by atoms with E-state index in [2.05, 4.69) is 43.0 Å². The van der Waals surface area contributed by atoms with E-state index in [1.165, 1.54) is 25.2 Å². The minimum absolute atomic E-state index is 0.00723. The zero-order valence-corrected chi connectivity index (χ0v) is 25.9. The fourth-order valence-electron chi connectivity index (χ4n) is 6.09. The van der Waals surface area contributed by atoms with Crippen LogP contribution in [0.15, 0.2) is 48.7 Å². The third-order valence-corrected chi connectivity index (χ3v) is 8.90. The summed E-state index contributed by atoms with van der Waals surface area (Å²) in [6.45, 7) is 2.80. The van der Waals surface area contributed by atoms with Gasteiger partial charge < -0.3 is 25.8 Å². The molecule has 1 aliphatic carbocycles. The highest BCUT2D eigenvalue weighted by molar-refractivity contribution is 6.01. The number of aromatic nitrogens is 5. The van der Waals surface area contributed by atoms with Crippen molar-refractivity contribution in [2.24, 2.45) is 5.92 Å². The zero-order valence-electron chi connectivity index (χ0n) is 25.9. The van der Waals surface area contributed by atoms with Crippen LogP contribution in [0, 0.1) is 5.92 Å². The topological polar surface area (TPSA) is 150 Å². The Balaban J connectivity index is 1.16. The summed E-state index contributed by atoms with van der Waals surface area (Å²) in [4.78, 5) is 45.6. The third-order valence-electron chi connectivity index (χ3n) is 8.90. The molecule has 2 aliphatic heterocycles. The minimum atomic E-state index is -2.75. The van der Waals surface area contributed by atoms with Crippen molar-refractivity contribution >= 4 is 40.6 Å². The molecule has 1 atom stereocenters. The molecule has 3 amide bonds. The molecular weight excluding hydrogens is 610 g/mol. The highest BCUT2D eigenvalue weighted by atomic mass is 19.3. The summed E-state index contributed by atoms with van der Waals surface area (Å²) in [7, 11) is 3.48. The number of carbonyl (C=O) groups is 3. The maximum atomic E-state index is 13.1. The Bertz CT molecular complexity index is 1900. The fraction of sp³-hybridized carbons (Fsp3) is 0.344. The average molecular weight is 643 g/mol. The molecule has 13 nitrogen and oxygen atoms in total. The number of anilines is 4. The van der Waals surface area contributed by atoms with Crippen LogP contribution in [0.2, 0.25) is 0 Å². The summed E-state index contributed by atoms with van der Waals surface area (Å²) in [6.07, 6.45) is 0.740. The SMILES string of the molecule is CNC(=O)c1nnc(NC(=O)C2CC2)cc1Nc1cccc2c1N(C)[C@@H](C)c1c-2cnn1C1CN(C(=O)c2cccc(C(F)F)n2)C1. The molecule has 7 rings (SSSR count). The number of pyridine rings is 1. The van der Waals surface area contributed by atoms with Crippen molar-refractivity contribution in [2.45, 2.75) is 38.3 Å². The molecule has 0 unspecified atom stereocenters. The zero-order chi connectivity index (χ0) is 33.0. The summed E-state index contributed by atoms with van der Waals surface area (Å²) < 4.78 is 28.2. The van der Waals surface area contributed by atoms with Crippen LogP contribution in [0.3, 0.4) is 0 Å². The highest BCUT2D eigenvalue weighted by Gasteiger charge is 2.39. The van der Waals surface area contributed by atoms with Gasteiger partial charge in [0.25, 0.3) is 18.2 Å². The number of amides is 3. The first-order valence-corrected chi connectivity index (χ1v) is 15.3. The second-order valence-corrected chi connectivity index (χ2v) is 11.9. The van der Waals surface area contributed by atoms with Crippen molar-refractivity contribution in [1.29, 1.82) is 0 Å². The van der Waals surface area contributed by atoms with Crippen LogP contribution in [0.1, 0.15) is 70.6 Å². The first kappa shape index (κ1) is 30.2. The number of fused-ring (bicyclic) bond motifs is 3. The van der Waals surface area contributed by atoms with Gasteiger partial charge in [-0.2, -0.15) is 5.10 Å². The average Bonchev–Trinajstić information content (AvgIpc) is 3.82. The van der Waals surface area contributed by atoms with Crippen molar-refractivity contribution in [3.05, 3.63) is 71.4 Å². The number of benzene rings is 1. The monoisotopic (exact) mass is 642 g/mol. The van der Waals surface area contributed by atoms with E-state index in [1.807, 2.05) is 36.1 Å². The van der Waals surface area contributed by atoms with Crippen LogP contribution in [-0.4, -0.2) is 74.8 Å². The lowest BCUT2D eigenvalue weighted by Crippen LogP contribution is -2.52. The van der Waals surface area contributed by atoms with E-state index in [0.29, 0.717) is 24.5 Å². The Hall–Kier alpha value is -5.47. The number of likely N-dealkylation sites (tertiary alicyclic amines) is 1. The molecule has 0 radical (unpaired) electrons. The number of alkyl halides is 2. The maximum Gasteiger partial charge on any atom is 0.280 e. The van der Waals surface area contributed by atoms with E-state index in [1.54, 1.807) is 11.0 Å². The molecule has 3 aromatic heterocycles. The normalized spacial score (nSPS) is 17.1. The number of para-hydroxylation sites is 1. The van der Waals surface area contributed by atoms with Crippen LogP contribution in [0.4, 0.5) is 31.7 Å². The molecule has 2 fully saturated rings. The number of hydrogen-bond donors (Lipinski definition) is 3. The van der Waals surface area contributed by atoms with E-state index in [4.69, 9.17) is 5.10 Å². The molecule has 1 saturated heterocycles. The Kier molecular flexibility index (Phi) is 7.53. The van der Waals surface area contributed by atoms with Gasteiger partial charge in [-0.05, 0) is 38.0 Å². The minimum Gasteiger partial charge on any atom is -0.364 e. The van der Waals surface area contributed by atoms with Gasteiger partial charge in [-0.25, -0.2) is 13.8 Å². The summed E-state index contributed by atoms with van der Waals surface area (Å²) in [5.41, 5.74) is 4.46. The second kappa shape index (κ2) is 11.7. The lowest BCUT2D eigenvalue weighted by Gasteiger charge is -2.42. The van der Waals surface area contributed by atoms with E-state index < -0.39 is 23.9 Å². The van der Waals surface area contributed by atoms with Crippen LogP contribution in [0.25, 0.3) is 11.1 Å². The number of rotatable bonds is 8. The van der Waals surface area contributed by atoms with Gasteiger partial charge in [0.1, 0.15) is 11.4 Å². The lowest BCUT2D eigenvalue weighted by atomic mass is 9.93. The van der Waals surface area contributed by atoms with E-state index in [9.17, 15) is 23.2 Å². The van der Waals surface area contributed by atoms with Gasteiger partial charge in [0, 0.05) is 50.3 Å². The number of nitrogens with zero attached hydrogens (tertiary/aromatic N) is 7. The van der Waals surface area contributed by atoms with Gasteiger partial charge >= 0.3 is 0 Å². The van der Waals surface area contributed by atoms with Crippen molar-refractivity contribution in [1.82, 2.24) is 35.2 Å². The number of halogens is 2. The van der Waals surface area contributed by atoms with Gasteiger partial charge in [-0.15, -0.1) is 10.2 Å². The van der Waals surface area contributed by atoms with Gasteiger partial charge in [-0.3, -0.25) is 19.1 Å². The van der Waals surface area contributed by atoms with Gasteiger partial charge in [0.15, 0.2) is 11.5 Å². The third kappa shape index (κ3) is 5.40. The molecule has 5 heterocycles. The van der Waals surface area contributed by atoms with Crippen LogP contribution in [0.5, 0.6) is 0 Å². The Morgan fingerprint density at radius 1 is 1.00 bits per heavy atom. The van der Waals surface area contributed by atoms with Crippen LogP contribution >= 0.6 is 0 Å². The predicted molar refractivity (Wildman–Crippen MR) is 169 cm³/mol. The number of nitrogens with one attached hydrogen (secondary N) is 3. The molecule has 0 spiro atoms. The molecule has 1 aromatic carbocycles. The second-order valence-electron chi connectivity index (χ2n) is 11.9. The van der Waals surface area contributed by atoms with Gasteiger partial charge in [0.2, 0.25) is 5.91 Å². The first-order valence-electron chi connectivity index (χ1n) is 15.3. The highest BCUT2D eigenvalue weighted by Crippen LogP contribution is 2.49. The van der Waals surface area contributed by atoms with E-state index in [0.717, 1.165) is 35.3 Å². The van der Waals surface area contributed by atoms with Crippen molar-refractivity contribution in [2.75, 3.05) is 42.7 Å². The van der Waals surface area contributed by atoms with Crippen molar-refractivity contribution in [3.63, 3.8) is 0 Å². The molecule has 3 N–H and O–H groups in total. The summed E-state index contributed by atoms with van der Waals surface area (Å²) in [5.74, 6) is -0.722. The molecule has 3 aliphatic rings. The Morgan fingerprint density at radius 3 is 2.49 bits per heavy atom. The Morgan fingerprint density at radius 2 is 1.77 bits per heavy atom. The summed E-state index contributed by atoms with van der Waals surface area (Å²) in [6, 6.07) is 11.3. The van der Waals surface area contributed by atoms with Crippen molar-refractivity contribution < 1.29 is 23.2 Å². The molecular formula is C32H32F2N10O3. The largest absolute Gasteiger partial charge is 0.364 e. The number of hydrogen-bond acceptors (Lipinski definition) is 9. The Labute approximate surface area is 268 Å². The predicted octanol–water partition coefficient (Wildman–Crippen LogP) is 4.33.